The van der Waals surface area contributed by atoms with E-state index in [1.54, 1.807) is 12.1 Å². The Bertz CT molecular complexity index is 600. The molecule has 0 unspecified atom stereocenters. The highest BCUT2D eigenvalue weighted by Crippen LogP contribution is 2.28. The molecule has 0 bridgehead atoms. The molecule has 1 atom stereocenters. The maximum Gasteiger partial charge on any atom is 0.261 e. The van der Waals surface area contributed by atoms with Crippen LogP contribution in [0, 0.1) is 5.82 Å². The quantitative estimate of drug-likeness (QED) is 0.931. The van der Waals surface area contributed by atoms with Gasteiger partial charge in [-0.15, -0.1) is 0 Å². The fourth-order valence-electron chi connectivity index (χ4n) is 2.23. The second-order valence-corrected chi connectivity index (χ2v) is 4.76. The summed E-state index contributed by atoms with van der Waals surface area (Å²) in [6.45, 7) is 0.370. The van der Waals surface area contributed by atoms with Gasteiger partial charge in [0, 0.05) is 13.0 Å². The zero-order valence-electron chi connectivity index (χ0n) is 10.8. The molecule has 20 heavy (non-hydrogen) atoms. The minimum Gasteiger partial charge on any atom is -0.480 e. The van der Waals surface area contributed by atoms with Crippen molar-refractivity contribution in [3.05, 3.63) is 65.5 Å². The summed E-state index contributed by atoms with van der Waals surface area (Å²) in [4.78, 5) is 12.0. The maximum absolute atomic E-state index is 12.8. The number of nitrogens with one attached hydrogen (secondary N) is 1. The molecule has 1 N–H and O–H groups in total. The Morgan fingerprint density at radius 1 is 1.20 bits per heavy atom. The molecule has 0 saturated heterocycles. The minimum absolute atomic E-state index is 0.148. The minimum atomic E-state index is -0.479. The summed E-state index contributed by atoms with van der Waals surface area (Å²) in [5.41, 5.74) is 1.91. The van der Waals surface area contributed by atoms with E-state index < -0.39 is 6.10 Å². The van der Waals surface area contributed by atoms with Crippen LogP contribution in [0.3, 0.4) is 0 Å². The van der Waals surface area contributed by atoms with Crippen LogP contribution in [-0.2, 0) is 17.8 Å². The van der Waals surface area contributed by atoms with Gasteiger partial charge in [0.1, 0.15) is 11.6 Å². The smallest absolute Gasteiger partial charge is 0.261 e. The summed E-state index contributed by atoms with van der Waals surface area (Å²) in [6.07, 6.45) is 0.110. The summed E-state index contributed by atoms with van der Waals surface area (Å²) in [6, 6.07) is 13.7. The van der Waals surface area contributed by atoms with Crippen LogP contribution in [0.1, 0.15) is 11.1 Å². The number of hydrogen-bond acceptors (Lipinski definition) is 2. The monoisotopic (exact) mass is 271 g/mol. The van der Waals surface area contributed by atoms with E-state index in [1.165, 1.54) is 12.1 Å². The number of para-hydroxylation sites is 1. The lowest BCUT2D eigenvalue weighted by molar-refractivity contribution is -0.127. The van der Waals surface area contributed by atoms with Crippen molar-refractivity contribution in [2.45, 2.75) is 19.1 Å². The Morgan fingerprint density at radius 2 is 1.95 bits per heavy atom. The number of amides is 1. The van der Waals surface area contributed by atoms with Crippen molar-refractivity contribution in [1.82, 2.24) is 5.32 Å². The number of carbonyl (C=O) groups is 1. The standard InChI is InChI=1S/C16H14FNO2/c17-13-7-5-11(6-8-13)10-18-16(19)15-9-12-3-1-2-4-14(12)20-15/h1-8,15H,9-10H2,(H,18,19)/t15-/m1/s1. The third-order valence-corrected chi connectivity index (χ3v) is 3.32. The van der Waals surface area contributed by atoms with Gasteiger partial charge in [-0.2, -0.15) is 0 Å². The molecule has 102 valence electrons. The SMILES string of the molecule is O=C(NCc1ccc(F)cc1)[C@H]1Cc2ccccc2O1. The van der Waals surface area contributed by atoms with Crippen LogP contribution in [0.5, 0.6) is 5.75 Å². The molecule has 1 amide bonds. The summed E-state index contributed by atoms with van der Waals surface area (Å²) in [5, 5.41) is 2.81. The third kappa shape index (κ3) is 2.64. The Hall–Kier alpha value is -2.36. The van der Waals surface area contributed by atoms with E-state index in [1.807, 2.05) is 24.3 Å². The predicted octanol–water partition coefficient (Wildman–Crippen LogP) is 2.45. The van der Waals surface area contributed by atoms with Gasteiger partial charge in [0.05, 0.1) is 0 Å². The van der Waals surface area contributed by atoms with Gasteiger partial charge in [0.15, 0.2) is 6.10 Å². The number of ether oxygens (including phenoxy) is 1. The highest BCUT2D eigenvalue weighted by molar-refractivity contribution is 5.82. The summed E-state index contributed by atoms with van der Waals surface area (Å²) in [7, 11) is 0. The lowest BCUT2D eigenvalue weighted by Gasteiger charge is -2.11. The van der Waals surface area contributed by atoms with E-state index in [-0.39, 0.29) is 11.7 Å². The molecule has 0 fully saturated rings. The molecule has 1 aliphatic rings. The van der Waals surface area contributed by atoms with E-state index >= 15 is 0 Å². The van der Waals surface area contributed by atoms with Crippen molar-refractivity contribution in [1.29, 1.82) is 0 Å². The molecule has 3 rings (SSSR count). The molecule has 0 saturated carbocycles. The van der Waals surface area contributed by atoms with Crippen molar-refractivity contribution in [2.75, 3.05) is 0 Å². The number of rotatable bonds is 3. The zero-order valence-corrected chi connectivity index (χ0v) is 10.8. The van der Waals surface area contributed by atoms with Crippen LogP contribution < -0.4 is 10.1 Å². The number of carbonyl (C=O) groups excluding carboxylic acids is 1. The lowest BCUT2D eigenvalue weighted by Crippen LogP contribution is -2.37. The highest BCUT2D eigenvalue weighted by Gasteiger charge is 2.28. The first-order chi connectivity index (χ1) is 9.72. The van der Waals surface area contributed by atoms with Crippen LogP contribution in [0.2, 0.25) is 0 Å². The molecule has 3 nitrogen and oxygen atoms in total. The van der Waals surface area contributed by atoms with Crippen molar-refractivity contribution >= 4 is 5.91 Å². The molecule has 0 radical (unpaired) electrons. The van der Waals surface area contributed by atoms with E-state index in [0.29, 0.717) is 13.0 Å². The van der Waals surface area contributed by atoms with Crippen LogP contribution in [0.25, 0.3) is 0 Å². The fourth-order valence-corrected chi connectivity index (χ4v) is 2.23. The lowest BCUT2D eigenvalue weighted by atomic mass is 10.1. The molecule has 0 aromatic heterocycles. The summed E-state index contributed by atoms with van der Waals surface area (Å²) < 4.78 is 18.4. The Labute approximate surface area is 116 Å². The fraction of sp³-hybridized carbons (Fsp3) is 0.188. The van der Waals surface area contributed by atoms with Crippen LogP contribution in [0.4, 0.5) is 4.39 Å². The number of hydrogen-bond donors (Lipinski definition) is 1. The van der Waals surface area contributed by atoms with Gasteiger partial charge in [-0.05, 0) is 29.3 Å². The van der Waals surface area contributed by atoms with Gasteiger partial charge >= 0.3 is 0 Å². The van der Waals surface area contributed by atoms with Crippen molar-refractivity contribution in [3.63, 3.8) is 0 Å². The first kappa shape index (κ1) is 12.7. The molecule has 1 heterocycles. The van der Waals surface area contributed by atoms with E-state index in [4.69, 9.17) is 4.74 Å². The predicted molar refractivity (Wildman–Crippen MR) is 72.8 cm³/mol. The number of benzene rings is 2. The number of halogens is 1. The zero-order chi connectivity index (χ0) is 13.9. The third-order valence-electron chi connectivity index (χ3n) is 3.32. The van der Waals surface area contributed by atoms with Gasteiger partial charge in [-0.3, -0.25) is 4.79 Å². The molecule has 0 spiro atoms. The molecular weight excluding hydrogens is 257 g/mol. The second-order valence-electron chi connectivity index (χ2n) is 4.76. The van der Waals surface area contributed by atoms with E-state index in [9.17, 15) is 9.18 Å². The second kappa shape index (κ2) is 5.33. The Kier molecular flexibility index (Phi) is 3.37. The van der Waals surface area contributed by atoms with Crippen molar-refractivity contribution in [3.8, 4) is 5.75 Å². The Balaban J connectivity index is 1.57. The van der Waals surface area contributed by atoms with Gasteiger partial charge in [0.2, 0.25) is 0 Å². The molecule has 0 aliphatic carbocycles. The topological polar surface area (TPSA) is 38.3 Å². The molecular formula is C16H14FNO2. The van der Waals surface area contributed by atoms with Gasteiger partial charge in [-0.1, -0.05) is 30.3 Å². The largest absolute Gasteiger partial charge is 0.480 e. The van der Waals surface area contributed by atoms with Crippen LogP contribution >= 0.6 is 0 Å². The molecule has 2 aromatic carbocycles. The summed E-state index contributed by atoms with van der Waals surface area (Å²) in [5.74, 6) is 0.342. The van der Waals surface area contributed by atoms with Gasteiger partial charge < -0.3 is 10.1 Å². The molecule has 4 heteroatoms. The summed E-state index contributed by atoms with van der Waals surface area (Å²) >= 11 is 0. The van der Waals surface area contributed by atoms with Gasteiger partial charge in [-0.25, -0.2) is 4.39 Å². The van der Waals surface area contributed by atoms with E-state index in [2.05, 4.69) is 5.32 Å². The molecule has 1 aliphatic heterocycles. The molecule has 2 aromatic rings. The average Bonchev–Trinajstić information content (AvgIpc) is 2.90. The number of fused-ring (bicyclic) bond motifs is 1. The highest BCUT2D eigenvalue weighted by atomic mass is 19.1. The van der Waals surface area contributed by atoms with Crippen LogP contribution in [0.15, 0.2) is 48.5 Å². The first-order valence-corrected chi connectivity index (χ1v) is 6.49. The maximum atomic E-state index is 12.8. The van der Waals surface area contributed by atoms with E-state index in [0.717, 1.165) is 16.9 Å². The van der Waals surface area contributed by atoms with Crippen molar-refractivity contribution < 1.29 is 13.9 Å². The normalized spacial score (nSPS) is 16.4. The van der Waals surface area contributed by atoms with Crippen LogP contribution in [-0.4, -0.2) is 12.0 Å². The Morgan fingerprint density at radius 3 is 2.70 bits per heavy atom. The first-order valence-electron chi connectivity index (χ1n) is 6.49. The van der Waals surface area contributed by atoms with Crippen molar-refractivity contribution in [2.24, 2.45) is 0 Å². The van der Waals surface area contributed by atoms with Gasteiger partial charge in [0.25, 0.3) is 5.91 Å². The average molecular weight is 271 g/mol.